The van der Waals surface area contributed by atoms with Gasteiger partial charge in [0.25, 0.3) is 0 Å². The van der Waals surface area contributed by atoms with E-state index in [1.807, 2.05) is 45.3 Å². The third-order valence-electron chi connectivity index (χ3n) is 7.52. The molecule has 2 aliphatic rings. The summed E-state index contributed by atoms with van der Waals surface area (Å²) in [5.41, 5.74) is 5.79. The van der Waals surface area contributed by atoms with E-state index in [9.17, 15) is 0 Å². The SMILES string of the molecule is c1csc(C2=[C](c3cccs3)[Ge]3([C](c4cccs4)=C2c2cccs2)[c]2ccccc2-c2cccc[c]23)c1. The molecule has 6 heterocycles. The Morgan fingerprint density at radius 2 is 0.757 bits per heavy atom. The van der Waals surface area contributed by atoms with Crippen LogP contribution in [0.1, 0.15) is 19.5 Å². The molecule has 6 aromatic rings. The Balaban J connectivity index is 1.66. The third kappa shape index (κ3) is 3.05. The molecule has 2 aliphatic heterocycles. The monoisotopic (exact) mass is 606 g/mol. The van der Waals surface area contributed by atoms with Crippen molar-refractivity contribution in [3.05, 3.63) is 138 Å². The minimum absolute atomic E-state index is 1.38. The van der Waals surface area contributed by atoms with Gasteiger partial charge in [-0.1, -0.05) is 0 Å². The molecule has 5 heteroatoms. The Bertz CT molecular complexity index is 1660. The first-order valence-corrected chi connectivity index (χ1v) is 20.0. The molecule has 1 spiro atoms. The number of hydrogen-bond acceptors (Lipinski definition) is 4. The average Bonchev–Trinajstić information content (AvgIpc) is 3.76. The molecular formula is C32H20GeS4. The van der Waals surface area contributed by atoms with Crippen LogP contribution in [0.3, 0.4) is 0 Å². The summed E-state index contributed by atoms with van der Waals surface area (Å²) in [5, 5.41) is 8.98. The molecule has 37 heavy (non-hydrogen) atoms. The summed E-state index contributed by atoms with van der Waals surface area (Å²) in [5.74, 6) is 0. The van der Waals surface area contributed by atoms with Crippen LogP contribution in [-0.2, 0) is 0 Å². The molecule has 0 bridgehead atoms. The fourth-order valence-corrected chi connectivity index (χ4v) is 24.0. The van der Waals surface area contributed by atoms with Gasteiger partial charge in [0, 0.05) is 0 Å². The van der Waals surface area contributed by atoms with E-state index in [4.69, 9.17) is 0 Å². The summed E-state index contributed by atoms with van der Waals surface area (Å²) < 4.78 is 6.38. The van der Waals surface area contributed by atoms with Crippen LogP contribution in [0.5, 0.6) is 0 Å². The van der Waals surface area contributed by atoms with Gasteiger partial charge in [-0.25, -0.2) is 0 Å². The van der Waals surface area contributed by atoms with Gasteiger partial charge in [0.1, 0.15) is 0 Å². The van der Waals surface area contributed by atoms with Crippen molar-refractivity contribution >= 4 is 87.4 Å². The van der Waals surface area contributed by atoms with E-state index in [1.165, 1.54) is 41.8 Å². The van der Waals surface area contributed by atoms with Crippen molar-refractivity contribution in [1.82, 2.24) is 0 Å². The number of thiophene rings is 4. The first-order chi connectivity index (χ1) is 18.4. The Morgan fingerprint density at radius 1 is 0.378 bits per heavy atom. The van der Waals surface area contributed by atoms with Gasteiger partial charge < -0.3 is 0 Å². The van der Waals surface area contributed by atoms with Crippen molar-refractivity contribution in [2.45, 2.75) is 0 Å². The van der Waals surface area contributed by atoms with Crippen LogP contribution in [0.15, 0.2) is 119 Å². The molecule has 0 saturated carbocycles. The van der Waals surface area contributed by atoms with Gasteiger partial charge in [-0.3, -0.25) is 0 Å². The number of rotatable bonds is 4. The molecule has 0 atom stereocenters. The summed E-state index contributed by atoms with van der Waals surface area (Å²) >= 11 is 4.16. The topological polar surface area (TPSA) is 0 Å². The second-order valence-corrected chi connectivity index (χ2v) is 20.5. The van der Waals surface area contributed by atoms with E-state index in [0.717, 1.165) is 0 Å². The Kier molecular flexibility index (Phi) is 5.21. The first kappa shape index (κ1) is 22.3. The first-order valence-electron chi connectivity index (χ1n) is 12.2. The Morgan fingerprint density at radius 3 is 1.14 bits per heavy atom. The molecule has 0 fully saturated rings. The van der Waals surface area contributed by atoms with Gasteiger partial charge in [-0.05, 0) is 0 Å². The summed E-state index contributed by atoms with van der Waals surface area (Å²) in [6, 6.07) is 36.9. The van der Waals surface area contributed by atoms with E-state index in [0.29, 0.717) is 0 Å². The van der Waals surface area contributed by atoms with Crippen molar-refractivity contribution in [1.29, 1.82) is 0 Å². The van der Waals surface area contributed by atoms with Crippen LogP contribution < -0.4 is 8.79 Å². The third-order valence-corrected chi connectivity index (χ3v) is 22.4. The summed E-state index contributed by atoms with van der Waals surface area (Å²) in [4.78, 5) is 5.61. The molecule has 0 aliphatic carbocycles. The van der Waals surface area contributed by atoms with E-state index in [1.54, 1.807) is 17.6 Å². The minimum atomic E-state index is -3.41. The summed E-state index contributed by atoms with van der Waals surface area (Å²) in [6.07, 6.45) is 0. The molecule has 0 nitrogen and oxygen atoms in total. The molecule has 0 unspecified atom stereocenters. The fraction of sp³-hybridized carbons (Fsp3) is 0. The van der Waals surface area contributed by atoms with Gasteiger partial charge >= 0.3 is 237 Å². The second-order valence-electron chi connectivity index (χ2n) is 9.25. The fourth-order valence-electron chi connectivity index (χ4n) is 6.32. The maximum atomic E-state index is 2.46. The van der Waals surface area contributed by atoms with Gasteiger partial charge in [-0.15, -0.1) is 0 Å². The van der Waals surface area contributed by atoms with Gasteiger partial charge in [0.15, 0.2) is 0 Å². The van der Waals surface area contributed by atoms with Gasteiger partial charge in [0.05, 0.1) is 0 Å². The van der Waals surface area contributed by atoms with Crippen LogP contribution in [-0.4, -0.2) is 13.3 Å². The Hall–Kier alpha value is -2.74. The summed E-state index contributed by atoms with van der Waals surface area (Å²) in [7, 11) is 0. The van der Waals surface area contributed by atoms with Crippen molar-refractivity contribution in [2.75, 3.05) is 0 Å². The second kappa shape index (κ2) is 8.65. The quantitative estimate of drug-likeness (QED) is 0.176. The van der Waals surface area contributed by atoms with E-state index >= 15 is 0 Å². The van der Waals surface area contributed by atoms with Gasteiger partial charge in [-0.2, -0.15) is 0 Å². The molecule has 8 rings (SSSR count). The zero-order valence-corrected chi connectivity index (χ0v) is 25.0. The van der Waals surface area contributed by atoms with Crippen LogP contribution >= 0.6 is 45.3 Å². The molecule has 2 aromatic carbocycles. The molecule has 0 radical (unpaired) electrons. The molecular weight excluding hydrogens is 585 g/mol. The van der Waals surface area contributed by atoms with Crippen LogP contribution in [0.25, 0.3) is 31.1 Å². The van der Waals surface area contributed by atoms with E-state index in [2.05, 4.69) is 119 Å². The molecule has 0 N–H and O–H groups in total. The number of allylic oxidation sites excluding steroid dienone is 2. The van der Waals surface area contributed by atoms with Crippen LogP contribution in [0.4, 0.5) is 0 Å². The van der Waals surface area contributed by atoms with Crippen molar-refractivity contribution in [3.63, 3.8) is 0 Å². The average molecular weight is 605 g/mol. The summed E-state index contributed by atoms with van der Waals surface area (Å²) in [6.45, 7) is 0. The molecule has 176 valence electrons. The normalized spacial score (nSPS) is 15.6. The molecule has 0 amide bonds. The number of fused-ring (bicyclic) bond motifs is 5. The van der Waals surface area contributed by atoms with Crippen molar-refractivity contribution < 1.29 is 0 Å². The van der Waals surface area contributed by atoms with Crippen LogP contribution in [0.2, 0.25) is 0 Å². The maximum absolute atomic E-state index is 3.41. The van der Waals surface area contributed by atoms with Crippen LogP contribution in [0, 0.1) is 0 Å². The molecule has 4 aromatic heterocycles. The number of benzene rings is 2. The standard InChI is InChI=1S/C32H20GeS4/c1-3-11-23-21(9-1)22-10-2-4-12-24(22)33(23)31(27-15-7-19-36-27)29(25-13-5-17-34-25)30(26-14-6-18-35-26)32(33)28-16-8-20-37-28/h1-20H. The molecule has 0 saturated heterocycles. The number of hydrogen-bond donors (Lipinski definition) is 0. The Labute approximate surface area is 234 Å². The van der Waals surface area contributed by atoms with E-state index in [-0.39, 0.29) is 0 Å². The predicted molar refractivity (Wildman–Crippen MR) is 168 cm³/mol. The zero-order valence-electron chi connectivity index (χ0n) is 19.7. The van der Waals surface area contributed by atoms with Crippen molar-refractivity contribution in [2.24, 2.45) is 0 Å². The van der Waals surface area contributed by atoms with E-state index < -0.39 is 13.3 Å². The van der Waals surface area contributed by atoms with Crippen molar-refractivity contribution in [3.8, 4) is 11.1 Å². The predicted octanol–water partition coefficient (Wildman–Crippen LogP) is 8.79. The zero-order chi connectivity index (χ0) is 24.4. The van der Waals surface area contributed by atoms with Gasteiger partial charge in [0.2, 0.25) is 0 Å².